The molecular weight excluding hydrogens is 533 g/mol. The van der Waals surface area contributed by atoms with Gasteiger partial charge in [-0.3, -0.25) is 34.9 Å². The number of benzene rings is 2. The molecule has 2 aliphatic rings. The lowest BCUT2D eigenvalue weighted by Gasteiger charge is -2.28. The molecule has 4 amide bonds. The number of alkyl halides is 2. The molecular formula is C24H20Cl3N3O6. The molecule has 2 aromatic carbocycles. The van der Waals surface area contributed by atoms with E-state index in [1.165, 1.54) is 48.5 Å². The second-order valence-electron chi connectivity index (χ2n) is 8.36. The summed E-state index contributed by atoms with van der Waals surface area (Å²) in [4.78, 5) is 63.0. The number of nitrogens with zero attached hydrogens (tertiary/aromatic N) is 1. The van der Waals surface area contributed by atoms with Gasteiger partial charge in [0.1, 0.15) is 0 Å². The molecule has 0 bridgehead atoms. The van der Waals surface area contributed by atoms with Gasteiger partial charge in [0, 0.05) is 10.6 Å². The summed E-state index contributed by atoms with van der Waals surface area (Å²) in [5.41, 5.74) is 5.03. The lowest BCUT2D eigenvalue weighted by atomic mass is 9.80. The summed E-state index contributed by atoms with van der Waals surface area (Å²) < 4.78 is 4.96. The zero-order chi connectivity index (χ0) is 26.0. The SMILES string of the molecule is O=C(COC(=O)c1ccc(N2C(=O)[C@H]3C[C@H](Cl)[C@@H](Cl)C[C@H]3C2=O)cc1)NNC(=O)c1ccc(Cl)cc1. The van der Waals surface area contributed by atoms with Crippen molar-refractivity contribution in [2.24, 2.45) is 11.8 Å². The number of carbonyl (C=O) groups is 5. The number of carbonyl (C=O) groups excluding carboxylic acids is 5. The number of ether oxygens (including phenoxy) is 1. The van der Waals surface area contributed by atoms with E-state index in [0.717, 1.165) is 4.90 Å². The second kappa shape index (κ2) is 10.9. The van der Waals surface area contributed by atoms with Crippen LogP contribution in [0.4, 0.5) is 5.69 Å². The van der Waals surface area contributed by atoms with Gasteiger partial charge in [-0.2, -0.15) is 0 Å². The molecule has 1 aliphatic heterocycles. The molecule has 2 N–H and O–H groups in total. The van der Waals surface area contributed by atoms with Crippen molar-refractivity contribution in [3.05, 3.63) is 64.7 Å². The van der Waals surface area contributed by atoms with E-state index in [4.69, 9.17) is 39.5 Å². The van der Waals surface area contributed by atoms with E-state index in [0.29, 0.717) is 23.6 Å². The molecule has 188 valence electrons. The van der Waals surface area contributed by atoms with E-state index >= 15 is 0 Å². The number of hydrogen-bond donors (Lipinski definition) is 2. The van der Waals surface area contributed by atoms with Crippen molar-refractivity contribution in [2.75, 3.05) is 11.5 Å². The molecule has 2 fully saturated rings. The number of fused-ring (bicyclic) bond motifs is 1. The van der Waals surface area contributed by atoms with Gasteiger partial charge >= 0.3 is 5.97 Å². The van der Waals surface area contributed by atoms with Gasteiger partial charge in [-0.25, -0.2) is 4.79 Å². The molecule has 1 heterocycles. The van der Waals surface area contributed by atoms with E-state index in [1.54, 1.807) is 0 Å². The standard InChI is InChI=1S/C24H20Cl3N3O6/c25-14-5-1-12(2-6-14)21(32)29-28-20(31)11-36-24(35)13-3-7-15(8-4-13)30-22(33)16-9-18(26)19(27)10-17(16)23(30)34/h1-8,16-19H,9-11H2,(H,28,31)(H,29,32)/t16-,17+,18-,19-/m0/s1. The van der Waals surface area contributed by atoms with Gasteiger partial charge in [0.15, 0.2) is 6.61 Å². The molecule has 4 rings (SSSR count). The average molecular weight is 553 g/mol. The second-order valence-corrected chi connectivity index (χ2v) is 9.92. The van der Waals surface area contributed by atoms with Crippen LogP contribution >= 0.6 is 34.8 Å². The van der Waals surface area contributed by atoms with Crippen molar-refractivity contribution in [3.8, 4) is 0 Å². The first-order valence-corrected chi connectivity index (χ1v) is 12.2. The minimum atomic E-state index is -0.802. The van der Waals surface area contributed by atoms with E-state index < -0.39 is 36.2 Å². The topological polar surface area (TPSA) is 122 Å². The van der Waals surface area contributed by atoms with Crippen molar-refractivity contribution in [3.63, 3.8) is 0 Å². The fourth-order valence-corrected chi connectivity index (χ4v) is 4.86. The van der Waals surface area contributed by atoms with Crippen LogP contribution in [0, 0.1) is 11.8 Å². The number of hydrogen-bond acceptors (Lipinski definition) is 6. The maximum Gasteiger partial charge on any atom is 0.338 e. The third-order valence-corrected chi connectivity index (χ3v) is 7.37. The lowest BCUT2D eigenvalue weighted by molar-refractivity contribution is -0.125. The molecule has 0 unspecified atom stereocenters. The first kappa shape index (κ1) is 25.9. The van der Waals surface area contributed by atoms with E-state index in [-0.39, 0.29) is 33.7 Å². The summed E-state index contributed by atoms with van der Waals surface area (Å²) >= 11 is 18.2. The van der Waals surface area contributed by atoms with Crippen molar-refractivity contribution in [2.45, 2.75) is 23.6 Å². The van der Waals surface area contributed by atoms with Crippen LogP contribution in [0.25, 0.3) is 0 Å². The number of anilines is 1. The molecule has 2 aromatic rings. The number of amides is 4. The molecule has 36 heavy (non-hydrogen) atoms. The van der Waals surface area contributed by atoms with Crippen LogP contribution < -0.4 is 15.8 Å². The molecule has 4 atom stereocenters. The molecule has 0 radical (unpaired) electrons. The summed E-state index contributed by atoms with van der Waals surface area (Å²) in [6, 6.07) is 11.7. The number of rotatable bonds is 5. The van der Waals surface area contributed by atoms with Gasteiger partial charge < -0.3 is 4.74 Å². The van der Waals surface area contributed by atoms with Crippen molar-refractivity contribution >= 4 is 70.1 Å². The predicted molar refractivity (Wildman–Crippen MR) is 132 cm³/mol. The summed E-state index contributed by atoms with van der Waals surface area (Å²) in [5, 5.41) is -0.310. The fraction of sp³-hybridized carbons (Fsp3) is 0.292. The maximum atomic E-state index is 12.8. The Morgan fingerprint density at radius 3 is 1.92 bits per heavy atom. The Morgan fingerprint density at radius 2 is 1.36 bits per heavy atom. The average Bonchev–Trinajstić information content (AvgIpc) is 3.10. The normalized spacial score (nSPS) is 23.1. The Hall–Kier alpha value is -3.14. The minimum absolute atomic E-state index is 0.106. The Bertz CT molecular complexity index is 1180. The molecule has 1 saturated heterocycles. The monoisotopic (exact) mass is 551 g/mol. The maximum absolute atomic E-state index is 12.8. The number of esters is 1. The van der Waals surface area contributed by atoms with Crippen molar-refractivity contribution < 1.29 is 28.7 Å². The number of imide groups is 1. The lowest BCUT2D eigenvalue weighted by Crippen LogP contribution is -2.43. The zero-order valence-electron chi connectivity index (χ0n) is 18.6. The highest BCUT2D eigenvalue weighted by Gasteiger charge is 2.52. The quantitative estimate of drug-likeness (QED) is 0.254. The largest absolute Gasteiger partial charge is 0.452 e. The van der Waals surface area contributed by atoms with Crippen LogP contribution in [0.2, 0.25) is 5.02 Å². The van der Waals surface area contributed by atoms with E-state index in [2.05, 4.69) is 10.9 Å². The first-order valence-electron chi connectivity index (χ1n) is 10.9. The molecule has 1 saturated carbocycles. The Morgan fingerprint density at radius 1 is 0.833 bits per heavy atom. The van der Waals surface area contributed by atoms with Gasteiger partial charge in [0.2, 0.25) is 11.8 Å². The Balaban J connectivity index is 1.29. The summed E-state index contributed by atoms with van der Waals surface area (Å²) in [5.74, 6) is -3.84. The zero-order valence-corrected chi connectivity index (χ0v) is 20.8. The van der Waals surface area contributed by atoms with Gasteiger partial charge in [-0.15, -0.1) is 23.2 Å². The summed E-state index contributed by atoms with van der Waals surface area (Å²) in [7, 11) is 0. The van der Waals surface area contributed by atoms with Crippen LogP contribution in [0.1, 0.15) is 33.6 Å². The van der Waals surface area contributed by atoms with E-state index in [1.807, 2.05) is 0 Å². The van der Waals surface area contributed by atoms with Crippen LogP contribution in [0.5, 0.6) is 0 Å². The first-order chi connectivity index (χ1) is 17.2. The Kier molecular flexibility index (Phi) is 7.82. The molecule has 1 aliphatic carbocycles. The summed E-state index contributed by atoms with van der Waals surface area (Å²) in [6.07, 6.45) is 0.655. The smallest absolute Gasteiger partial charge is 0.338 e. The van der Waals surface area contributed by atoms with Gasteiger partial charge in [0.25, 0.3) is 11.8 Å². The van der Waals surface area contributed by atoms with Crippen molar-refractivity contribution in [1.82, 2.24) is 10.9 Å². The Labute approximate surface area is 221 Å². The van der Waals surface area contributed by atoms with E-state index in [9.17, 15) is 24.0 Å². The fourth-order valence-electron chi connectivity index (χ4n) is 4.15. The minimum Gasteiger partial charge on any atom is -0.452 e. The third-order valence-electron chi connectivity index (χ3n) is 6.03. The van der Waals surface area contributed by atoms with Crippen LogP contribution in [-0.2, 0) is 19.1 Å². The summed E-state index contributed by atoms with van der Waals surface area (Å²) in [6.45, 7) is -0.646. The molecule has 9 nitrogen and oxygen atoms in total. The molecule has 12 heteroatoms. The molecule has 0 spiro atoms. The van der Waals surface area contributed by atoms with Gasteiger partial charge in [-0.1, -0.05) is 11.6 Å². The van der Waals surface area contributed by atoms with Gasteiger partial charge in [0.05, 0.1) is 33.8 Å². The highest BCUT2D eigenvalue weighted by atomic mass is 35.5. The van der Waals surface area contributed by atoms with Gasteiger partial charge in [-0.05, 0) is 61.4 Å². The number of nitrogens with one attached hydrogen (secondary N) is 2. The van der Waals surface area contributed by atoms with Crippen molar-refractivity contribution in [1.29, 1.82) is 0 Å². The highest BCUT2D eigenvalue weighted by molar-refractivity contribution is 6.31. The van der Waals surface area contributed by atoms with Crippen LogP contribution in [-0.4, -0.2) is 47.0 Å². The number of hydrazine groups is 1. The predicted octanol–water partition coefficient (Wildman–Crippen LogP) is 3.07. The molecule has 0 aromatic heterocycles. The highest BCUT2D eigenvalue weighted by Crippen LogP contribution is 2.43. The van der Waals surface area contributed by atoms with Crippen LogP contribution in [0.15, 0.2) is 48.5 Å². The van der Waals surface area contributed by atoms with Crippen LogP contribution in [0.3, 0.4) is 0 Å². The third kappa shape index (κ3) is 5.48. The number of halogens is 3.